The Labute approximate surface area is 236 Å². The number of carboxylic acids is 1. The van der Waals surface area contributed by atoms with Crippen LogP contribution in [0.15, 0.2) is 109 Å². The molecular weight excluding hydrogens is 512 g/mol. The molecule has 7 heteroatoms. The number of carbonyl (C=O) groups excluding carboxylic acids is 1. The van der Waals surface area contributed by atoms with E-state index >= 15 is 0 Å². The fourth-order valence-corrected chi connectivity index (χ4v) is 5.08. The lowest BCUT2D eigenvalue weighted by Crippen LogP contribution is -2.41. The normalized spacial score (nSPS) is 12.2. The summed E-state index contributed by atoms with van der Waals surface area (Å²) in [4.78, 5) is 28.2. The van der Waals surface area contributed by atoms with E-state index in [4.69, 9.17) is 5.10 Å². The number of H-pyrrole nitrogens is 1. The molecule has 0 radical (unpaired) electrons. The number of nitrogens with zero attached hydrogens (tertiary/aromatic N) is 2. The topological polar surface area (TPSA) is 100 Å². The number of aromatic nitrogens is 3. The van der Waals surface area contributed by atoms with Gasteiger partial charge in [-0.15, -0.1) is 0 Å². The zero-order valence-corrected chi connectivity index (χ0v) is 22.4. The molecule has 1 amide bonds. The molecule has 202 valence electrons. The molecule has 0 aliphatic heterocycles. The van der Waals surface area contributed by atoms with Crippen LogP contribution in [0, 0.1) is 6.92 Å². The van der Waals surface area contributed by atoms with Gasteiger partial charge in [0.25, 0.3) is 0 Å². The molecule has 6 rings (SSSR count). The lowest BCUT2D eigenvalue weighted by Gasteiger charge is -2.12. The molecule has 7 nitrogen and oxygen atoms in total. The van der Waals surface area contributed by atoms with E-state index in [1.54, 1.807) is 17.0 Å². The smallest absolute Gasteiger partial charge is 0.326 e. The predicted octanol–water partition coefficient (Wildman–Crippen LogP) is 6.31. The van der Waals surface area contributed by atoms with Gasteiger partial charge in [-0.05, 0) is 59.2 Å². The first-order chi connectivity index (χ1) is 19.9. The van der Waals surface area contributed by atoms with E-state index in [9.17, 15) is 14.7 Å². The number of carbonyl (C=O) groups is 2. The van der Waals surface area contributed by atoms with Crippen LogP contribution in [0.5, 0.6) is 0 Å². The van der Waals surface area contributed by atoms with Crippen molar-refractivity contribution in [2.24, 2.45) is 0 Å². The van der Waals surface area contributed by atoms with Gasteiger partial charge in [-0.25, -0.2) is 9.48 Å². The van der Waals surface area contributed by atoms with Crippen LogP contribution in [0.25, 0.3) is 44.7 Å². The second-order valence-corrected chi connectivity index (χ2v) is 10.1. The highest BCUT2D eigenvalue weighted by atomic mass is 16.4. The van der Waals surface area contributed by atoms with E-state index in [2.05, 4.69) is 34.6 Å². The lowest BCUT2D eigenvalue weighted by molar-refractivity contribution is -0.141. The van der Waals surface area contributed by atoms with Crippen molar-refractivity contribution in [3.05, 3.63) is 126 Å². The lowest BCUT2D eigenvalue weighted by atomic mass is 10.0. The molecule has 0 spiro atoms. The summed E-state index contributed by atoms with van der Waals surface area (Å²) in [5.41, 5.74) is 6.13. The van der Waals surface area contributed by atoms with E-state index in [1.165, 1.54) is 6.08 Å². The Morgan fingerprint density at radius 2 is 1.78 bits per heavy atom. The number of aromatic amines is 1. The number of para-hydroxylation sites is 1. The van der Waals surface area contributed by atoms with E-state index < -0.39 is 17.9 Å². The maximum Gasteiger partial charge on any atom is 0.326 e. The molecule has 4 aromatic carbocycles. The highest BCUT2D eigenvalue weighted by Gasteiger charge is 2.21. The Morgan fingerprint density at radius 1 is 0.976 bits per heavy atom. The molecule has 0 bridgehead atoms. The minimum absolute atomic E-state index is 0.159. The van der Waals surface area contributed by atoms with Gasteiger partial charge in [0.15, 0.2) is 0 Å². The van der Waals surface area contributed by atoms with Crippen LogP contribution in [0.3, 0.4) is 0 Å². The Bertz CT molecular complexity index is 1930. The quantitative estimate of drug-likeness (QED) is 0.197. The average Bonchev–Trinajstić information content (AvgIpc) is 3.60. The molecule has 0 aliphatic carbocycles. The van der Waals surface area contributed by atoms with Gasteiger partial charge in [0.05, 0.1) is 11.4 Å². The standard InChI is InChI=1S/C34H28N4O3/c1-22-7-6-10-28(17-22)38-21-26(33(37-38)25-14-13-23-8-2-3-9-24(23)18-25)15-16-32(39)36-31(34(40)41)19-27-20-35-30-12-5-4-11-29(27)30/h2-18,20-21,31,35H,19H2,1H3,(H,36,39)(H,40,41)/t31-/m0/s1. The van der Waals surface area contributed by atoms with Gasteiger partial charge in [-0.2, -0.15) is 5.10 Å². The Balaban J connectivity index is 1.29. The van der Waals surface area contributed by atoms with E-state index in [1.807, 2.05) is 79.9 Å². The fourth-order valence-electron chi connectivity index (χ4n) is 5.08. The number of aliphatic carboxylic acids is 1. The molecule has 0 aliphatic rings. The number of hydrogen-bond acceptors (Lipinski definition) is 3. The number of aryl methyl sites for hydroxylation is 1. The van der Waals surface area contributed by atoms with Crippen LogP contribution in [0.4, 0.5) is 0 Å². The summed E-state index contributed by atoms with van der Waals surface area (Å²) in [5.74, 6) is -1.59. The predicted molar refractivity (Wildman–Crippen MR) is 162 cm³/mol. The van der Waals surface area contributed by atoms with Crippen LogP contribution >= 0.6 is 0 Å². The Kier molecular flexibility index (Phi) is 6.92. The number of carboxylic acid groups (broad SMARTS) is 1. The molecule has 0 saturated heterocycles. The number of amides is 1. The minimum atomic E-state index is -1.10. The van der Waals surface area contributed by atoms with Gasteiger partial charge in [0.2, 0.25) is 5.91 Å². The number of rotatable bonds is 8. The average molecular weight is 541 g/mol. The van der Waals surface area contributed by atoms with Crippen molar-refractivity contribution in [1.82, 2.24) is 20.1 Å². The van der Waals surface area contributed by atoms with Crippen LogP contribution in [0.2, 0.25) is 0 Å². The summed E-state index contributed by atoms with van der Waals surface area (Å²) in [6, 6.07) is 28.9. The summed E-state index contributed by atoms with van der Waals surface area (Å²) in [5, 5.41) is 20.5. The third-order valence-corrected chi connectivity index (χ3v) is 7.16. The molecule has 3 N–H and O–H groups in total. The fraction of sp³-hybridized carbons (Fsp3) is 0.0882. The van der Waals surface area contributed by atoms with Crippen molar-refractivity contribution in [3.8, 4) is 16.9 Å². The van der Waals surface area contributed by atoms with Crippen molar-refractivity contribution in [2.45, 2.75) is 19.4 Å². The molecule has 2 heterocycles. The molecular formula is C34H28N4O3. The third kappa shape index (κ3) is 5.51. The van der Waals surface area contributed by atoms with Crippen LogP contribution < -0.4 is 5.32 Å². The van der Waals surface area contributed by atoms with Gasteiger partial charge < -0.3 is 15.4 Å². The van der Waals surface area contributed by atoms with Crippen molar-refractivity contribution < 1.29 is 14.7 Å². The summed E-state index contributed by atoms with van der Waals surface area (Å²) >= 11 is 0. The van der Waals surface area contributed by atoms with Gasteiger partial charge in [-0.1, -0.05) is 66.7 Å². The molecule has 6 aromatic rings. The van der Waals surface area contributed by atoms with Gasteiger partial charge in [0.1, 0.15) is 6.04 Å². The zero-order chi connectivity index (χ0) is 28.3. The van der Waals surface area contributed by atoms with Gasteiger partial charge >= 0.3 is 5.97 Å². The molecule has 2 aromatic heterocycles. The number of nitrogens with one attached hydrogen (secondary N) is 2. The second kappa shape index (κ2) is 11.0. The van der Waals surface area contributed by atoms with E-state index in [-0.39, 0.29) is 6.42 Å². The monoisotopic (exact) mass is 540 g/mol. The Hall–Kier alpha value is -5.43. The number of benzene rings is 4. The first-order valence-electron chi connectivity index (χ1n) is 13.4. The van der Waals surface area contributed by atoms with Crippen molar-refractivity contribution >= 4 is 39.6 Å². The summed E-state index contributed by atoms with van der Waals surface area (Å²) in [6.07, 6.45) is 6.88. The van der Waals surface area contributed by atoms with Crippen molar-refractivity contribution in [1.29, 1.82) is 0 Å². The number of hydrogen-bond donors (Lipinski definition) is 3. The van der Waals surface area contributed by atoms with Crippen LogP contribution in [-0.4, -0.2) is 37.8 Å². The minimum Gasteiger partial charge on any atom is -0.480 e. The highest BCUT2D eigenvalue weighted by Crippen LogP contribution is 2.28. The summed E-state index contributed by atoms with van der Waals surface area (Å²) in [7, 11) is 0. The molecule has 0 unspecified atom stereocenters. The number of fused-ring (bicyclic) bond motifs is 2. The highest BCUT2D eigenvalue weighted by molar-refractivity contribution is 5.96. The molecule has 1 atom stereocenters. The first kappa shape index (κ1) is 25.8. The van der Waals surface area contributed by atoms with Crippen molar-refractivity contribution in [2.75, 3.05) is 0 Å². The second-order valence-electron chi connectivity index (χ2n) is 10.1. The van der Waals surface area contributed by atoms with Crippen molar-refractivity contribution in [3.63, 3.8) is 0 Å². The van der Waals surface area contributed by atoms with Crippen LogP contribution in [-0.2, 0) is 16.0 Å². The van der Waals surface area contributed by atoms with Gasteiger partial charge in [-0.3, -0.25) is 4.79 Å². The van der Waals surface area contributed by atoms with E-state index in [0.717, 1.165) is 55.3 Å². The largest absolute Gasteiger partial charge is 0.480 e. The van der Waals surface area contributed by atoms with Gasteiger partial charge in [0, 0.05) is 46.9 Å². The molecule has 0 saturated carbocycles. The molecule has 0 fully saturated rings. The van der Waals surface area contributed by atoms with Crippen LogP contribution in [0.1, 0.15) is 16.7 Å². The zero-order valence-electron chi connectivity index (χ0n) is 22.4. The first-order valence-corrected chi connectivity index (χ1v) is 13.4. The van der Waals surface area contributed by atoms with E-state index in [0.29, 0.717) is 0 Å². The maximum absolute atomic E-state index is 13.0. The Morgan fingerprint density at radius 3 is 2.61 bits per heavy atom. The SMILES string of the molecule is Cc1cccc(-n2cc(C=CC(=O)N[C@@H](Cc3c[nH]c4ccccc34)C(=O)O)c(-c3ccc4ccccc4c3)n2)c1. The third-order valence-electron chi connectivity index (χ3n) is 7.16. The summed E-state index contributed by atoms with van der Waals surface area (Å²) < 4.78 is 1.80. The summed E-state index contributed by atoms with van der Waals surface area (Å²) in [6.45, 7) is 2.03. The maximum atomic E-state index is 13.0. The molecule has 41 heavy (non-hydrogen) atoms.